The second-order valence-corrected chi connectivity index (χ2v) is 10.1. The molecular weight excluding hydrogens is 503 g/mol. The summed E-state index contributed by atoms with van der Waals surface area (Å²) < 4.78 is 13.9. The first-order chi connectivity index (χ1) is 18.3. The molecule has 6 nitrogen and oxygen atoms in total. The van der Waals surface area contributed by atoms with Crippen LogP contribution < -0.4 is 10.6 Å². The number of nitrogens with one attached hydrogen (secondary N) is 2. The van der Waals surface area contributed by atoms with Crippen LogP contribution in [0, 0.1) is 5.82 Å². The number of benzene rings is 4. The van der Waals surface area contributed by atoms with Crippen molar-refractivity contribution >= 4 is 46.5 Å². The van der Waals surface area contributed by atoms with E-state index in [0.717, 1.165) is 0 Å². The Morgan fingerprint density at radius 3 is 2.18 bits per heavy atom. The first kappa shape index (κ1) is 25.1. The van der Waals surface area contributed by atoms with Crippen molar-refractivity contribution in [1.82, 2.24) is 0 Å². The Hall–Kier alpha value is -4.56. The summed E-state index contributed by atoms with van der Waals surface area (Å²) in [6, 6.07) is 24.0. The summed E-state index contributed by atoms with van der Waals surface area (Å²) in [5.41, 5.74) is 1.75. The molecule has 4 aromatic rings. The van der Waals surface area contributed by atoms with Gasteiger partial charge >= 0.3 is 0 Å². The molecule has 188 valence electrons. The molecule has 1 unspecified atom stereocenters. The molecule has 1 aliphatic rings. The Labute approximate surface area is 222 Å². The number of thioether (sulfide) groups is 1. The molecule has 0 saturated carbocycles. The van der Waals surface area contributed by atoms with E-state index >= 15 is 0 Å². The number of hydrogen-bond donors (Lipinski definition) is 2. The first-order valence-electron chi connectivity index (χ1n) is 11.8. The van der Waals surface area contributed by atoms with Gasteiger partial charge < -0.3 is 10.6 Å². The van der Waals surface area contributed by atoms with E-state index < -0.39 is 17.0 Å². The number of fused-ring (bicyclic) bond motifs is 2. The maximum atomic E-state index is 13.9. The smallest absolute Gasteiger partial charge is 0.258 e. The SMILES string of the molecule is CC(Sc1cccc(NC(=O)c2ccccc2F)c1)C(=O)Nc1cccc2c1C(=O)c1ccccc1C2=O. The lowest BCUT2D eigenvalue weighted by Gasteiger charge is -2.21. The average molecular weight is 525 g/mol. The van der Waals surface area contributed by atoms with Crippen LogP contribution in [0.2, 0.25) is 0 Å². The predicted octanol–water partition coefficient (Wildman–Crippen LogP) is 5.97. The van der Waals surface area contributed by atoms with Crippen molar-refractivity contribution in [3.63, 3.8) is 0 Å². The average Bonchev–Trinajstić information content (AvgIpc) is 2.92. The summed E-state index contributed by atoms with van der Waals surface area (Å²) in [7, 11) is 0. The minimum absolute atomic E-state index is 0.0693. The van der Waals surface area contributed by atoms with Gasteiger partial charge in [0.2, 0.25) is 5.91 Å². The van der Waals surface area contributed by atoms with Crippen molar-refractivity contribution in [2.75, 3.05) is 10.6 Å². The van der Waals surface area contributed by atoms with E-state index in [9.17, 15) is 23.6 Å². The Bertz CT molecular complexity index is 1620. The van der Waals surface area contributed by atoms with Crippen LogP contribution in [0.4, 0.5) is 15.8 Å². The standard InChI is InChI=1S/C30H21FN2O4S/c1-17(38-19-9-6-8-18(16-19)32-30(37)22-12-4-5-14-24(22)31)29(36)33-25-15-7-13-23-26(25)28(35)21-11-3-2-10-20(21)27(23)34/h2-17H,1H3,(H,32,37)(H,33,36). The van der Waals surface area contributed by atoms with Gasteiger partial charge in [0.25, 0.3) is 5.91 Å². The van der Waals surface area contributed by atoms with Gasteiger partial charge in [-0.15, -0.1) is 11.8 Å². The third-order valence-corrected chi connectivity index (χ3v) is 7.20. The molecule has 38 heavy (non-hydrogen) atoms. The van der Waals surface area contributed by atoms with Gasteiger partial charge in [-0.1, -0.05) is 54.6 Å². The fourth-order valence-corrected chi connectivity index (χ4v) is 5.16. The summed E-state index contributed by atoms with van der Waals surface area (Å²) in [4.78, 5) is 52.4. The van der Waals surface area contributed by atoms with Crippen molar-refractivity contribution in [2.24, 2.45) is 0 Å². The molecule has 0 bridgehead atoms. The lowest BCUT2D eigenvalue weighted by Crippen LogP contribution is -2.27. The van der Waals surface area contributed by atoms with E-state index in [1.54, 1.807) is 79.7 Å². The summed E-state index contributed by atoms with van der Waals surface area (Å²) in [5.74, 6) is -2.13. The quantitative estimate of drug-likeness (QED) is 0.267. The number of carbonyl (C=O) groups excluding carboxylic acids is 4. The zero-order chi connectivity index (χ0) is 26.8. The Morgan fingerprint density at radius 1 is 0.763 bits per heavy atom. The molecular formula is C30H21FN2O4S. The van der Waals surface area contributed by atoms with E-state index in [-0.39, 0.29) is 39.9 Å². The van der Waals surface area contributed by atoms with E-state index in [0.29, 0.717) is 21.7 Å². The van der Waals surface area contributed by atoms with Crippen molar-refractivity contribution < 1.29 is 23.6 Å². The Morgan fingerprint density at radius 2 is 1.42 bits per heavy atom. The number of anilines is 2. The third kappa shape index (κ3) is 4.86. The Balaban J connectivity index is 1.30. The first-order valence-corrected chi connectivity index (χ1v) is 12.7. The number of carbonyl (C=O) groups is 4. The minimum Gasteiger partial charge on any atom is -0.324 e. The number of halogens is 1. The van der Waals surface area contributed by atoms with E-state index in [2.05, 4.69) is 10.6 Å². The molecule has 2 N–H and O–H groups in total. The Kier molecular flexibility index (Phi) is 6.89. The topological polar surface area (TPSA) is 92.3 Å². The fourth-order valence-electron chi connectivity index (χ4n) is 4.23. The maximum Gasteiger partial charge on any atom is 0.258 e. The zero-order valence-electron chi connectivity index (χ0n) is 20.2. The molecule has 0 fully saturated rings. The number of hydrogen-bond acceptors (Lipinski definition) is 5. The molecule has 0 radical (unpaired) electrons. The van der Waals surface area contributed by atoms with Crippen LogP contribution in [0.3, 0.4) is 0 Å². The third-order valence-electron chi connectivity index (χ3n) is 6.10. The highest BCUT2D eigenvalue weighted by molar-refractivity contribution is 8.00. The second kappa shape index (κ2) is 10.4. The van der Waals surface area contributed by atoms with Crippen LogP contribution in [0.15, 0.2) is 95.9 Å². The highest BCUT2D eigenvalue weighted by Crippen LogP contribution is 2.33. The van der Waals surface area contributed by atoms with Crippen molar-refractivity contribution in [3.8, 4) is 0 Å². The van der Waals surface area contributed by atoms with Crippen LogP contribution >= 0.6 is 11.8 Å². The summed E-state index contributed by atoms with van der Waals surface area (Å²) in [5, 5.41) is 4.89. The molecule has 1 atom stereocenters. The van der Waals surface area contributed by atoms with E-state index in [1.165, 1.54) is 30.0 Å². The highest BCUT2D eigenvalue weighted by Gasteiger charge is 2.32. The second-order valence-electron chi connectivity index (χ2n) is 8.64. The van der Waals surface area contributed by atoms with Gasteiger partial charge in [-0.05, 0) is 43.3 Å². The van der Waals surface area contributed by atoms with Gasteiger partial charge in [0, 0.05) is 27.3 Å². The lowest BCUT2D eigenvalue weighted by molar-refractivity contribution is -0.115. The molecule has 0 aromatic heterocycles. The van der Waals surface area contributed by atoms with Crippen molar-refractivity contribution in [3.05, 3.63) is 125 Å². The van der Waals surface area contributed by atoms with Crippen LogP contribution in [0.1, 0.15) is 49.1 Å². The van der Waals surface area contributed by atoms with Crippen LogP contribution in [0.25, 0.3) is 0 Å². The molecule has 0 aliphatic heterocycles. The van der Waals surface area contributed by atoms with Gasteiger partial charge in [0.15, 0.2) is 11.6 Å². The molecule has 0 heterocycles. The number of amides is 2. The van der Waals surface area contributed by atoms with E-state index in [1.807, 2.05) is 0 Å². The van der Waals surface area contributed by atoms with Crippen LogP contribution in [-0.2, 0) is 4.79 Å². The number of ketones is 2. The predicted molar refractivity (Wildman–Crippen MR) is 144 cm³/mol. The molecule has 0 saturated heterocycles. The maximum absolute atomic E-state index is 13.9. The zero-order valence-corrected chi connectivity index (χ0v) is 21.0. The monoisotopic (exact) mass is 524 g/mol. The van der Waals surface area contributed by atoms with Gasteiger partial charge in [-0.2, -0.15) is 0 Å². The summed E-state index contributed by atoms with van der Waals surface area (Å²) >= 11 is 1.25. The van der Waals surface area contributed by atoms with E-state index in [4.69, 9.17) is 0 Å². The van der Waals surface area contributed by atoms with Gasteiger partial charge in [0.1, 0.15) is 5.82 Å². The van der Waals surface area contributed by atoms with Crippen molar-refractivity contribution in [2.45, 2.75) is 17.1 Å². The van der Waals surface area contributed by atoms with Crippen LogP contribution in [-0.4, -0.2) is 28.6 Å². The van der Waals surface area contributed by atoms with Gasteiger partial charge in [0.05, 0.1) is 22.1 Å². The minimum atomic E-state index is -0.618. The van der Waals surface area contributed by atoms with Gasteiger partial charge in [-0.3, -0.25) is 19.2 Å². The summed E-state index contributed by atoms with van der Waals surface area (Å²) in [6.07, 6.45) is 0. The lowest BCUT2D eigenvalue weighted by atomic mass is 9.83. The molecule has 2 amide bonds. The largest absolute Gasteiger partial charge is 0.324 e. The molecule has 5 rings (SSSR count). The molecule has 1 aliphatic carbocycles. The summed E-state index contributed by atoms with van der Waals surface area (Å²) in [6.45, 7) is 1.71. The normalized spacial score (nSPS) is 12.8. The van der Waals surface area contributed by atoms with Crippen LogP contribution in [0.5, 0.6) is 0 Å². The molecule has 8 heteroatoms. The number of rotatable bonds is 6. The fraction of sp³-hybridized carbons (Fsp3) is 0.0667. The van der Waals surface area contributed by atoms with Gasteiger partial charge in [-0.25, -0.2) is 4.39 Å². The van der Waals surface area contributed by atoms with Crippen molar-refractivity contribution in [1.29, 1.82) is 0 Å². The highest BCUT2D eigenvalue weighted by atomic mass is 32.2. The molecule has 0 spiro atoms. The molecule has 4 aromatic carbocycles.